The van der Waals surface area contributed by atoms with Crippen LogP contribution < -0.4 is 30.7 Å². The number of carbonyl (C=O) groups is 4. The summed E-state index contributed by atoms with van der Waals surface area (Å²) in [5.41, 5.74) is 2.18. The van der Waals surface area contributed by atoms with Crippen molar-refractivity contribution in [2.24, 2.45) is 11.8 Å². The van der Waals surface area contributed by atoms with Crippen LogP contribution in [0.5, 0.6) is 11.5 Å². The van der Waals surface area contributed by atoms with E-state index in [-0.39, 0.29) is 24.5 Å². The van der Waals surface area contributed by atoms with Crippen LogP contribution in [0.3, 0.4) is 0 Å². The van der Waals surface area contributed by atoms with Gasteiger partial charge < -0.3 is 30.7 Å². The zero-order valence-corrected chi connectivity index (χ0v) is 30.0. The zero-order chi connectivity index (χ0) is 37.3. The highest BCUT2D eigenvalue weighted by Crippen LogP contribution is 2.16. The molecular formula is C42H46N4O6. The molecule has 0 radical (unpaired) electrons. The molecule has 0 spiro atoms. The fraction of sp³-hybridized carbons (Fsp3) is 0.238. The van der Waals surface area contributed by atoms with Crippen LogP contribution in [0.15, 0.2) is 121 Å². The van der Waals surface area contributed by atoms with Gasteiger partial charge in [-0.2, -0.15) is 0 Å². The molecule has 10 nitrogen and oxygen atoms in total. The predicted molar refractivity (Wildman–Crippen MR) is 203 cm³/mol. The fourth-order valence-corrected chi connectivity index (χ4v) is 4.61. The highest BCUT2D eigenvalue weighted by molar-refractivity contribution is 6.06. The second-order valence-electron chi connectivity index (χ2n) is 12.8. The monoisotopic (exact) mass is 702 g/mol. The van der Waals surface area contributed by atoms with Gasteiger partial charge in [-0.1, -0.05) is 88.4 Å². The first kappa shape index (κ1) is 38.6. The number of benzene rings is 4. The van der Waals surface area contributed by atoms with Gasteiger partial charge in [0.15, 0.2) is 0 Å². The van der Waals surface area contributed by atoms with Crippen molar-refractivity contribution >= 4 is 35.8 Å². The highest BCUT2D eigenvalue weighted by atomic mass is 16.5. The van der Waals surface area contributed by atoms with Crippen molar-refractivity contribution in [3.63, 3.8) is 0 Å². The molecule has 4 aromatic rings. The van der Waals surface area contributed by atoms with Gasteiger partial charge in [0.25, 0.3) is 23.6 Å². The van der Waals surface area contributed by atoms with Crippen molar-refractivity contribution in [1.82, 2.24) is 21.3 Å². The first-order valence-electron chi connectivity index (χ1n) is 17.3. The number of nitrogens with one attached hydrogen (secondary N) is 4. The normalized spacial score (nSPS) is 11.5. The van der Waals surface area contributed by atoms with Crippen molar-refractivity contribution in [3.05, 3.63) is 143 Å². The lowest BCUT2D eigenvalue weighted by molar-refractivity contribution is -0.119. The highest BCUT2D eigenvalue weighted by Gasteiger charge is 2.17. The second-order valence-corrected chi connectivity index (χ2v) is 12.8. The average molecular weight is 703 g/mol. The molecule has 4 aromatic carbocycles. The van der Waals surface area contributed by atoms with Crippen molar-refractivity contribution in [2.75, 3.05) is 26.3 Å². The Kier molecular flexibility index (Phi) is 14.8. The Labute approximate surface area is 305 Å². The number of amides is 4. The molecule has 0 saturated carbocycles. The first-order valence-corrected chi connectivity index (χ1v) is 17.3. The largest absolute Gasteiger partial charge is 0.493 e. The molecule has 0 atom stereocenters. The smallest absolute Gasteiger partial charge is 0.267 e. The Morgan fingerprint density at radius 1 is 0.519 bits per heavy atom. The van der Waals surface area contributed by atoms with Crippen molar-refractivity contribution in [3.8, 4) is 11.5 Å². The van der Waals surface area contributed by atoms with Gasteiger partial charge in [0, 0.05) is 24.2 Å². The summed E-state index contributed by atoms with van der Waals surface area (Å²) in [6.07, 6.45) is 3.15. The third-order valence-corrected chi connectivity index (χ3v) is 7.30. The van der Waals surface area contributed by atoms with Crippen molar-refractivity contribution in [2.45, 2.75) is 27.7 Å². The molecule has 4 N–H and O–H groups in total. The van der Waals surface area contributed by atoms with E-state index in [9.17, 15) is 19.2 Å². The SMILES string of the molecule is CC(C)COc1ccc(C(=O)NC(=Cc2ccccc2)C(=O)NCCNC(=O)C(=Cc2ccccc2)NC(=O)c2ccc(OCC(C)C)cc2)cc1. The van der Waals surface area contributed by atoms with E-state index in [1.165, 1.54) is 0 Å². The number of hydrogen-bond donors (Lipinski definition) is 4. The van der Waals surface area contributed by atoms with E-state index in [1.54, 1.807) is 60.7 Å². The van der Waals surface area contributed by atoms with E-state index in [0.717, 1.165) is 0 Å². The molecule has 0 aromatic heterocycles. The van der Waals surface area contributed by atoms with E-state index in [2.05, 4.69) is 21.3 Å². The Bertz CT molecular complexity index is 1700. The minimum atomic E-state index is -0.544. The van der Waals surface area contributed by atoms with Crippen LogP contribution in [0.1, 0.15) is 59.5 Å². The van der Waals surface area contributed by atoms with Gasteiger partial charge >= 0.3 is 0 Å². The van der Waals surface area contributed by atoms with E-state index < -0.39 is 23.6 Å². The molecule has 0 aliphatic heterocycles. The topological polar surface area (TPSA) is 135 Å². The van der Waals surface area contributed by atoms with Crippen LogP contribution in [-0.2, 0) is 9.59 Å². The molecule has 0 aliphatic carbocycles. The number of carbonyl (C=O) groups excluding carboxylic acids is 4. The van der Waals surface area contributed by atoms with Crippen molar-refractivity contribution < 1.29 is 28.7 Å². The van der Waals surface area contributed by atoms with Crippen LogP contribution in [0.4, 0.5) is 0 Å². The maximum atomic E-state index is 13.3. The first-order chi connectivity index (χ1) is 25.1. The average Bonchev–Trinajstić information content (AvgIpc) is 3.15. The molecule has 0 saturated heterocycles. The van der Waals surface area contributed by atoms with Gasteiger partial charge in [0.2, 0.25) is 0 Å². The maximum Gasteiger partial charge on any atom is 0.267 e. The molecular weight excluding hydrogens is 656 g/mol. The van der Waals surface area contributed by atoms with E-state index in [0.29, 0.717) is 58.8 Å². The maximum absolute atomic E-state index is 13.3. The summed E-state index contributed by atoms with van der Waals surface area (Å²) in [5, 5.41) is 10.9. The Morgan fingerprint density at radius 2 is 0.865 bits per heavy atom. The van der Waals surface area contributed by atoms with E-state index >= 15 is 0 Å². The molecule has 4 rings (SSSR count). The number of hydrogen-bond acceptors (Lipinski definition) is 6. The number of ether oxygens (including phenoxy) is 2. The van der Waals surface area contributed by atoms with E-state index in [4.69, 9.17) is 9.47 Å². The van der Waals surface area contributed by atoms with Crippen LogP contribution in [-0.4, -0.2) is 49.9 Å². The van der Waals surface area contributed by atoms with Gasteiger partial charge in [-0.05, 0) is 83.6 Å². The third-order valence-electron chi connectivity index (χ3n) is 7.30. The molecule has 0 heterocycles. The van der Waals surface area contributed by atoms with Crippen LogP contribution >= 0.6 is 0 Å². The molecule has 10 heteroatoms. The summed E-state index contributed by atoms with van der Waals surface area (Å²) in [6.45, 7) is 9.39. The summed E-state index contributed by atoms with van der Waals surface area (Å²) in [4.78, 5) is 53.0. The fourth-order valence-electron chi connectivity index (χ4n) is 4.61. The van der Waals surface area contributed by atoms with Gasteiger partial charge in [-0.25, -0.2) is 0 Å². The Balaban J connectivity index is 1.39. The lowest BCUT2D eigenvalue weighted by Crippen LogP contribution is -2.41. The quantitative estimate of drug-likeness (QED) is 0.0762. The lowest BCUT2D eigenvalue weighted by Gasteiger charge is -2.14. The predicted octanol–water partition coefficient (Wildman–Crippen LogP) is 6.23. The third kappa shape index (κ3) is 12.9. The molecule has 0 fully saturated rings. The Morgan fingerprint density at radius 3 is 1.19 bits per heavy atom. The van der Waals surface area contributed by atoms with Crippen LogP contribution in [0.25, 0.3) is 12.2 Å². The van der Waals surface area contributed by atoms with Crippen LogP contribution in [0, 0.1) is 11.8 Å². The summed E-state index contributed by atoms with van der Waals surface area (Å²) < 4.78 is 11.4. The summed E-state index contributed by atoms with van der Waals surface area (Å²) in [6, 6.07) is 31.6. The zero-order valence-electron chi connectivity index (χ0n) is 30.0. The molecule has 270 valence electrons. The number of rotatable bonds is 17. The second kappa shape index (κ2) is 19.9. The molecule has 4 amide bonds. The molecule has 0 aliphatic rings. The standard InChI is InChI=1S/C42H46N4O6/c1-29(2)27-51-35-19-15-33(16-20-35)39(47)45-37(25-31-11-7-5-8-12-31)41(49)43-23-24-44-42(50)38(26-32-13-9-6-10-14-32)46-40(48)34-17-21-36(22-18-34)52-28-30(3)4/h5-22,25-26,29-30H,23-24,27-28H2,1-4H3,(H,43,49)(H,44,50)(H,45,47)(H,46,48). The van der Waals surface area contributed by atoms with Gasteiger partial charge in [-0.15, -0.1) is 0 Å². The summed E-state index contributed by atoms with van der Waals surface area (Å²) in [7, 11) is 0. The summed E-state index contributed by atoms with van der Waals surface area (Å²) >= 11 is 0. The van der Waals surface area contributed by atoms with Gasteiger partial charge in [-0.3, -0.25) is 19.2 Å². The van der Waals surface area contributed by atoms with Crippen molar-refractivity contribution in [1.29, 1.82) is 0 Å². The van der Waals surface area contributed by atoms with E-state index in [1.807, 2.05) is 88.4 Å². The minimum Gasteiger partial charge on any atom is -0.493 e. The summed E-state index contributed by atoms with van der Waals surface area (Å²) in [5.74, 6) is -0.0119. The lowest BCUT2D eigenvalue weighted by atomic mass is 10.1. The van der Waals surface area contributed by atoms with Gasteiger partial charge in [0.05, 0.1) is 13.2 Å². The molecule has 0 bridgehead atoms. The molecule has 0 unspecified atom stereocenters. The van der Waals surface area contributed by atoms with Gasteiger partial charge in [0.1, 0.15) is 22.9 Å². The molecule has 52 heavy (non-hydrogen) atoms. The Hall–Kier alpha value is -6.16. The van der Waals surface area contributed by atoms with Crippen LogP contribution in [0.2, 0.25) is 0 Å². The minimum absolute atomic E-state index is 0.0280.